The van der Waals surface area contributed by atoms with Crippen molar-refractivity contribution in [3.05, 3.63) is 59.4 Å². The summed E-state index contributed by atoms with van der Waals surface area (Å²) in [6, 6.07) is 12.3. The maximum Gasteiger partial charge on any atom is 0.234 e. The highest BCUT2D eigenvalue weighted by Crippen LogP contribution is 2.26. The summed E-state index contributed by atoms with van der Waals surface area (Å²) in [6.45, 7) is 6.51. The molecule has 0 unspecified atom stereocenters. The van der Waals surface area contributed by atoms with Gasteiger partial charge in [-0.2, -0.15) is 0 Å². The van der Waals surface area contributed by atoms with Crippen molar-refractivity contribution in [2.75, 3.05) is 11.1 Å². The predicted octanol–water partition coefficient (Wildman–Crippen LogP) is 4.45. The molecule has 0 fully saturated rings. The number of thioether (sulfide) groups is 1. The summed E-state index contributed by atoms with van der Waals surface area (Å²) in [5.41, 5.74) is 3.39. The third kappa shape index (κ3) is 4.19. The Balaban J connectivity index is 1.72. The van der Waals surface area contributed by atoms with Gasteiger partial charge in [-0.05, 0) is 50.1 Å². The van der Waals surface area contributed by atoms with E-state index in [0.29, 0.717) is 23.1 Å². The molecule has 0 aliphatic rings. The molecule has 5 nitrogen and oxygen atoms in total. The molecule has 2 aromatic carbocycles. The van der Waals surface area contributed by atoms with Crippen LogP contribution in [0.3, 0.4) is 0 Å². The first-order chi connectivity index (χ1) is 13.0. The molecule has 0 spiro atoms. The Hall–Kier alpha value is -2.67. The summed E-state index contributed by atoms with van der Waals surface area (Å²) >= 11 is 1.29. The van der Waals surface area contributed by atoms with Gasteiger partial charge in [0.25, 0.3) is 0 Å². The van der Waals surface area contributed by atoms with Crippen molar-refractivity contribution in [3.63, 3.8) is 0 Å². The van der Waals surface area contributed by atoms with E-state index in [1.165, 1.54) is 17.8 Å². The number of aromatic nitrogens is 3. The minimum Gasteiger partial charge on any atom is -0.325 e. The Morgan fingerprint density at radius 1 is 1.15 bits per heavy atom. The van der Waals surface area contributed by atoms with Crippen LogP contribution in [0.5, 0.6) is 0 Å². The van der Waals surface area contributed by atoms with Gasteiger partial charge >= 0.3 is 0 Å². The zero-order chi connectivity index (χ0) is 19.4. The highest BCUT2D eigenvalue weighted by Gasteiger charge is 2.17. The van der Waals surface area contributed by atoms with E-state index in [9.17, 15) is 9.18 Å². The monoisotopic (exact) mass is 384 g/mol. The molecule has 0 aliphatic carbocycles. The molecule has 0 atom stereocenters. The number of amides is 1. The first-order valence-corrected chi connectivity index (χ1v) is 9.66. The Labute approximate surface area is 162 Å². The number of carbonyl (C=O) groups is 1. The average molecular weight is 384 g/mol. The maximum absolute atomic E-state index is 14.1. The number of benzene rings is 2. The molecule has 140 valence electrons. The zero-order valence-electron chi connectivity index (χ0n) is 15.5. The van der Waals surface area contributed by atoms with Crippen LogP contribution in [0.4, 0.5) is 10.1 Å². The number of anilines is 1. The van der Waals surface area contributed by atoms with Crippen molar-refractivity contribution >= 4 is 23.4 Å². The molecule has 0 aliphatic heterocycles. The maximum atomic E-state index is 14.1. The molecule has 0 radical (unpaired) electrons. The Bertz CT molecular complexity index is 970. The highest BCUT2D eigenvalue weighted by molar-refractivity contribution is 7.99. The smallest absolute Gasteiger partial charge is 0.234 e. The molecular weight excluding hydrogens is 363 g/mol. The zero-order valence-corrected chi connectivity index (χ0v) is 16.3. The van der Waals surface area contributed by atoms with Crippen LogP contribution < -0.4 is 5.32 Å². The second-order valence-corrected chi connectivity index (χ2v) is 7.06. The molecule has 1 heterocycles. The van der Waals surface area contributed by atoms with Crippen LogP contribution in [0.25, 0.3) is 11.4 Å². The molecule has 3 aromatic rings. The molecular formula is C20H21FN4OS. The minimum absolute atomic E-state index is 0.119. The van der Waals surface area contributed by atoms with Crippen molar-refractivity contribution in [2.24, 2.45) is 0 Å². The molecule has 7 heteroatoms. The standard InChI is InChI=1S/C20H21FN4OS/c1-4-25-19(15-9-5-6-10-16(15)21)23-24-20(25)27-12-18(26)22-17-11-7-8-13(2)14(17)3/h5-11H,4,12H2,1-3H3,(H,22,26). The second kappa shape index (κ2) is 8.35. The highest BCUT2D eigenvalue weighted by atomic mass is 32.2. The Morgan fingerprint density at radius 2 is 1.93 bits per heavy atom. The van der Waals surface area contributed by atoms with Gasteiger partial charge in [0.1, 0.15) is 5.82 Å². The molecule has 1 N–H and O–H groups in total. The minimum atomic E-state index is -0.344. The van der Waals surface area contributed by atoms with Gasteiger partial charge in [0.15, 0.2) is 11.0 Å². The van der Waals surface area contributed by atoms with Crippen LogP contribution in [0.2, 0.25) is 0 Å². The Morgan fingerprint density at radius 3 is 2.67 bits per heavy atom. The fourth-order valence-corrected chi connectivity index (χ4v) is 3.53. The quantitative estimate of drug-likeness (QED) is 0.638. The van der Waals surface area contributed by atoms with Crippen LogP contribution in [-0.4, -0.2) is 26.4 Å². The van der Waals surface area contributed by atoms with E-state index in [-0.39, 0.29) is 17.5 Å². The van der Waals surface area contributed by atoms with Gasteiger partial charge in [-0.25, -0.2) is 4.39 Å². The lowest BCUT2D eigenvalue weighted by Crippen LogP contribution is -2.15. The molecule has 27 heavy (non-hydrogen) atoms. The third-order valence-electron chi connectivity index (χ3n) is 4.36. The van der Waals surface area contributed by atoms with Crippen molar-refractivity contribution in [1.29, 1.82) is 0 Å². The van der Waals surface area contributed by atoms with Gasteiger partial charge in [-0.3, -0.25) is 4.79 Å². The van der Waals surface area contributed by atoms with Crippen molar-refractivity contribution in [1.82, 2.24) is 14.8 Å². The number of nitrogens with zero attached hydrogens (tertiary/aromatic N) is 3. The number of rotatable bonds is 6. The SMILES string of the molecule is CCn1c(SCC(=O)Nc2cccc(C)c2C)nnc1-c1ccccc1F. The van der Waals surface area contributed by atoms with Gasteiger partial charge < -0.3 is 9.88 Å². The number of aryl methyl sites for hydroxylation is 1. The summed E-state index contributed by atoms with van der Waals surface area (Å²) in [5.74, 6) is 0.201. The predicted molar refractivity (Wildman–Crippen MR) is 106 cm³/mol. The number of hydrogen-bond donors (Lipinski definition) is 1. The van der Waals surface area contributed by atoms with E-state index in [0.717, 1.165) is 16.8 Å². The van der Waals surface area contributed by atoms with E-state index >= 15 is 0 Å². The average Bonchev–Trinajstić information content (AvgIpc) is 3.07. The largest absolute Gasteiger partial charge is 0.325 e. The van der Waals surface area contributed by atoms with Gasteiger partial charge in [0.05, 0.1) is 11.3 Å². The van der Waals surface area contributed by atoms with E-state index < -0.39 is 0 Å². The fraction of sp³-hybridized carbons (Fsp3) is 0.250. The summed E-state index contributed by atoms with van der Waals surface area (Å²) < 4.78 is 15.9. The van der Waals surface area contributed by atoms with E-state index in [1.54, 1.807) is 18.2 Å². The lowest BCUT2D eigenvalue weighted by atomic mass is 10.1. The van der Waals surface area contributed by atoms with Crippen LogP contribution in [0.15, 0.2) is 47.6 Å². The number of hydrogen-bond acceptors (Lipinski definition) is 4. The van der Waals surface area contributed by atoms with Gasteiger partial charge in [0, 0.05) is 12.2 Å². The summed E-state index contributed by atoms with van der Waals surface area (Å²) in [6.07, 6.45) is 0. The number of nitrogens with one attached hydrogen (secondary N) is 1. The van der Waals surface area contributed by atoms with Gasteiger partial charge in [-0.1, -0.05) is 36.0 Å². The summed E-state index contributed by atoms with van der Waals surface area (Å²) in [5, 5.41) is 11.8. The summed E-state index contributed by atoms with van der Waals surface area (Å²) in [7, 11) is 0. The van der Waals surface area contributed by atoms with E-state index in [2.05, 4.69) is 15.5 Å². The Kier molecular flexibility index (Phi) is 5.91. The number of carbonyl (C=O) groups excluding carboxylic acids is 1. The second-order valence-electron chi connectivity index (χ2n) is 6.11. The van der Waals surface area contributed by atoms with Gasteiger partial charge in [0.2, 0.25) is 5.91 Å². The van der Waals surface area contributed by atoms with E-state index in [4.69, 9.17) is 0 Å². The molecule has 0 bridgehead atoms. The molecule has 3 rings (SSSR count). The molecule has 0 saturated heterocycles. The van der Waals surface area contributed by atoms with Gasteiger partial charge in [-0.15, -0.1) is 10.2 Å². The summed E-state index contributed by atoms with van der Waals surface area (Å²) in [4.78, 5) is 12.3. The first kappa shape index (κ1) is 19.1. The topological polar surface area (TPSA) is 59.8 Å². The van der Waals surface area contributed by atoms with Crippen molar-refractivity contribution in [2.45, 2.75) is 32.5 Å². The molecule has 1 amide bonds. The normalized spacial score (nSPS) is 10.8. The van der Waals surface area contributed by atoms with Crippen molar-refractivity contribution < 1.29 is 9.18 Å². The third-order valence-corrected chi connectivity index (χ3v) is 5.33. The first-order valence-electron chi connectivity index (χ1n) is 8.68. The number of halogens is 1. The lowest BCUT2D eigenvalue weighted by Gasteiger charge is -2.10. The fourth-order valence-electron chi connectivity index (χ4n) is 2.73. The lowest BCUT2D eigenvalue weighted by molar-refractivity contribution is -0.113. The van der Waals surface area contributed by atoms with Crippen LogP contribution in [-0.2, 0) is 11.3 Å². The molecule has 1 aromatic heterocycles. The van der Waals surface area contributed by atoms with Crippen LogP contribution >= 0.6 is 11.8 Å². The van der Waals surface area contributed by atoms with Crippen LogP contribution in [0.1, 0.15) is 18.1 Å². The van der Waals surface area contributed by atoms with Crippen molar-refractivity contribution in [3.8, 4) is 11.4 Å². The van der Waals surface area contributed by atoms with E-state index in [1.807, 2.05) is 43.5 Å². The molecule has 0 saturated carbocycles. The van der Waals surface area contributed by atoms with Crippen LogP contribution in [0, 0.1) is 19.7 Å².